The molecule has 0 atom stereocenters. The Morgan fingerprint density at radius 1 is 1.56 bits per heavy atom. The minimum absolute atomic E-state index is 0.372. The van der Waals surface area contributed by atoms with E-state index in [4.69, 9.17) is 0 Å². The molecule has 0 radical (unpaired) electrons. The molecule has 0 aromatic rings. The minimum atomic E-state index is 0.372. The molecular weight excluding hydrogens is 152 g/mol. The highest BCUT2D eigenvalue weighted by Crippen LogP contribution is 2.16. The smallest absolute Gasteiger partial charge is 0.143 e. The third-order valence-corrected chi connectivity index (χ3v) is 2.60. The third kappa shape index (κ3) is 6.25. The van der Waals surface area contributed by atoms with Crippen LogP contribution in [-0.4, -0.2) is 17.8 Å². The average Bonchev–Trinajstić information content (AvgIpc) is 1.85. The van der Waals surface area contributed by atoms with E-state index >= 15 is 0 Å². The summed E-state index contributed by atoms with van der Waals surface area (Å²) in [7, 11) is 3.27. The van der Waals surface area contributed by atoms with Gasteiger partial charge in [-0.3, -0.25) is 4.79 Å². The summed E-state index contributed by atoms with van der Waals surface area (Å²) in [5, 5.41) is 0. The highest BCUT2D eigenvalue weighted by molar-refractivity contribution is 8.76. The summed E-state index contributed by atoms with van der Waals surface area (Å²) in [5.74, 6) is 1.05. The first kappa shape index (κ1) is 9.37. The molecule has 0 bridgehead atoms. The molecular formula is C6H12OS2. The molecule has 0 aromatic carbocycles. The molecule has 0 aromatic heterocycles. The van der Waals surface area contributed by atoms with Crippen LogP contribution in [0.3, 0.4) is 0 Å². The van der Waals surface area contributed by atoms with Crippen LogP contribution in [0.5, 0.6) is 0 Å². The summed E-state index contributed by atoms with van der Waals surface area (Å²) in [6.45, 7) is 2.03. The number of ketones is 1. The highest BCUT2D eigenvalue weighted by atomic mass is 33.1. The molecule has 0 aliphatic heterocycles. The van der Waals surface area contributed by atoms with Crippen molar-refractivity contribution in [3.05, 3.63) is 0 Å². The van der Waals surface area contributed by atoms with E-state index in [-0.39, 0.29) is 0 Å². The maximum Gasteiger partial charge on any atom is 0.143 e. The van der Waals surface area contributed by atoms with Crippen LogP contribution in [0, 0.1) is 0 Å². The van der Waals surface area contributed by atoms with Gasteiger partial charge in [-0.25, -0.2) is 0 Å². The van der Waals surface area contributed by atoms with Gasteiger partial charge in [-0.05, 0) is 12.7 Å². The van der Waals surface area contributed by atoms with E-state index in [0.717, 1.165) is 12.8 Å². The van der Waals surface area contributed by atoms with E-state index in [2.05, 4.69) is 0 Å². The largest absolute Gasteiger partial charge is 0.299 e. The van der Waals surface area contributed by atoms with Crippen molar-refractivity contribution in [3.63, 3.8) is 0 Å². The Labute approximate surface area is 64.4 Å². The zero-order valence-corrected chi connectivity index (χ0v) is 7.48. The normalized spacial score (nSPS) is 9.56. The molecule has 0 unspecified atom stereocenters. The van der Waals surface area contributed by atoms with Crippen LogP contribution in [0.15, 0.2) is 0 Å². The molecule has 0 rings (SSSR count). The van der Waals surface area contributed by atoms with Gasteiger partial charge in [0.15, 0.2) is 0 Å². The monoisotopic (exact) mass is 164 g/mol. The van der Waals surface area contributed by atoms with Crippen molar-refractivity contribution in [1.82, 2.24) is 0 Å². The van der Waals surface area contributed by atoms with Crippen LogP contribution in [0.25, 0.3) is 0 Å². The maximum atomic E-state index is 10.8. The summed E-state index contributed by atoms with van der Waals surface area (Å²) in [6.07, 6.45) is 3.71. The predicted octanol–water partition coefficient (Wildman–Crippen LogP) is 2.37. The second-order valence-corrected chi connectivity index (χ2v) is 4.28. The van der Waals surface area contributed by atoms with E-state index < -0.39 is 0 Å². The summed E-state index contributed by atoms with van der Waals surface area (Å²) >= 11 is 0. The van der Waals surface area contributed by atoms with E-state index in [1.165, 1.54) is 0 Å². The van der Waals surface area contributed by atoms with Gasteiger partial charge in [-0.1, -0.05) is 28.5 Å². The fraction of sp³-hybridized carbons (Fsp3) is 0.833. The van der Waals surface area contributed by atoms with Crippen molar-refractivity contribution in [2.24, 2.45) is 0 Å². The average molecular weight is 164 g/mol. The molecule has 0 aliphatic carbocycles. The van der Waals surface area contributed by atoms with Crippen LogP contribution in [0.1, 0.15) is 19.8 Å². The molecule has 0 aliphatic rings. The van der Waals surface area contributed by atoms with Crippen LogP contribution in [0.2, 0.25) is 0 Å². The van der Waals surface area contributed by atoms with Crippen LogP contribution >= 0.6 is 21.6 Å². The topological polar surface area (TPSA) is 17.1 Å². The molecule has 0 N–H and O–H groups in total. The molecule has 0 fully saturated rings. The van der Waals surface area contributed by atoms with Crippen LogP contribution in [0.4, 0.5) is 0 Å². The molecule has 0 saturated heterocycles. The second kappa shape index (κ2) is 6.49. The zero-order chi connectivity index (χ0) is 7.11. The highest BCUT2D eigenvalue weighted by Gasteiger charge is 1.97. The maximum absolute atomic E-state index is 10.8. The number of carbonyl (C=O) groups is 1. The van der Waals surface area contributed by atoms with E-state index in [0.29, 0.717) is 11.5 Å². The van der Waals surface area contributed by atoms with Gasteiger partial charge in [0.25, 0.3) is 0 Å². The van der Waals surface area contributed by atoms with Crippen molar-refractivity contribution >= 4 is 27.4 Å². The molecule has 3 heteroatoms. The van der Waals surface area contributed by atoms with Gasteiger partial charge < -0.3 is 0 Å². The number of hydrogen-bond donors (Lipinski definition) is 0. The molecule has 0 heterocycles. The van der Waals surface area contributed by atoms with Gasteiger partial charge in [-0.15, -0.1) is 0 Å². The lowest BCUT2D eigenvalue weighted by Gasteiger charge is -1.93. The van der Waals surface area contributed by atoms with Crippen LogP contribution < -0.4 is 0 Å². The molecule has 1 nitrogen and oxygen atoms in total. The lowest BCUT2D eigenvalue weighted by atomic mass is 10.3. The Hall–Kier alpha value is 0.370. The molecule has 0 saturated carbocycles. The number of carbonyl (C=O) groups excluding carboxylic acids is 1. The third-order valence-electron chi connectivity index (χ3n) is 0.867. The predicted molar refractivity (Wildman–Crippen MR) is 45.9 cm³/mol. The number of Topliss-reactive ketones (excluding diaryl/α,β-unsaturated/α-hetero) is 1. The van der Waals surface area contributed by atoms with Crippen molar-refractivity contribution < 1.29 is 4.79 Å². The zero-order valence-electron chi connectivity index (χ0n) is 5.85. The Balaban J connectivity index is 3.06. The molecule has 0 spiro atoms. The molecule has 0 amide bonds. The number of rotatable bonds is 5. The van der Waals surface area contributed by atoms with Gasteiger partial charge in [-0.2, -0.15) is 0 Å². The Morgan fingerprint density at radius 3 is 2.67 bits per heavy atom. The van der Waals surface area contributed by atoms with Crippen molar-refractivity contribution in [2.75, 3.05) is 12.0 Å². The van der Waals surface area contributed by atoms with Gasteiger partial charge in [0.1, 0.15) is 5.78 Å². The summed E-state index contributed by atoms with van der Waals surface area (Å²) in [5.41, 5.74) is 0. The fourth-order valence-corrected chi connectivity index (χ4v) is 1.62. The summed E-state index contributed by atoms with van der Waals surface area (Å²) in [6, 6.07) is 0. The summed E-state index contributed by atoms with van der Waals surface area (Å²) in [4.78, 5) is 10.8. The summed E-state index contributed by atoms with van der Waals surface area (Å²) < 4.78 is 0. The molecule has 54 valence electrons. The van der Waals surface area contributed by atoms with E-state index in [1.807, 2.05) is 13.2 Å². The second-order valence-electron chi connectivity index (χ2n) is 1.72. The van der Waals surface area contributed by atoms with Gasteiger partial charge >= 0.3 is 0 Å². The Kier molecular flexibility index (Phi) is 6.76. The van der Waals surface area contributed by atoms with Gasteiger partial charge in [0.05, 0.1) is 5.75 Å². The first-order chi connectivity index (χ1) is 4.31. The molecule has 9 heavy (non-hydrogen) atoms. The Bertz CT molecular complexity index is 83.1. The lowest BCUT2D eigenvalue weighted by Crippen LogP contribution is -1.98. The standard InChI is InChI=1S/C6H12OS2/c1-3-4-6(7)5-9-8-2/h3-5H2,1-2H3. The van der Waals surface area contributed by atoms with E-state index in [9.17, 15) is 4.79 Å². The van der Waals surface area contributed by atoms with Crippen molar-refractivity contribution in [3.8, 4) is 0 Å². The van der Waals surface area contributed by atoms with Crippen molar-refractivity contribution in [2.45, 2.75) is 19.8 Å². The van der Waals surface area contributed by atoms with Crippen LogP contribution in [-0.2, 0) is 4.79 Å². The van der Waals surface area contributed by atoms with Gasteiger partial charge in [0.2, 0.25) is 0 Å². The first-order valence-electron chi connectivity index (χ1n) is 2.98. The fourth-order valence-electron chi connectivity index (χ4n) is 0.476. The number of hydrogen-bond acceptors (Lipinski definition) is 3. The minimum Gasteiger partial charge on any atom is -0.299 e. The Morgan fingerprint density at radius 2 is 2.22 bits per heavy atom. The van der Waals surface area contributed by atoms with E-state index in [1.54, 1.807) is 21.6 Å². The van der Waals surface area contributed by atoms with Gasteiger partial charge in [0, 0.05) is 6.42 Å². The SMILES string of the molecule is CCCC(=O)CSSC. The quantitative estimate of drug-likeness (QED) is 0.581. The lowest BCUT2D eigenvalue weighted by molar-refractivity contribution is -0.116. The van der Waals surface area contributed by atoms with Crippen molar-refractivity contribution in [1.29, 1.82) is 0 Å². The first-order valence-corrected chi connectivity index (χ1v) is 5.71.